The van der Waals surface area contributed by atoms with Gasteiger partial charge >= 0.3 is 0 Å². The normalized spacial score (nSPS) is 12.2. The van der Waals surface area contributed by atoms with Crippen LogP contribution in [0, 0.1) is 5.92 Å². The molecule has 1 aromatic rings. The Hall–Kier alpha value is -1.31. The maximum absolute atomic E-state index is 11.8. The fraction of sp³-hybridized carbons (Fsp3) is 0.500. The van der Waals surface area contributed by atoms with Crippen LogP contribution in [0.3, 0.4) is 0 Å². The molecule has 0 saturated carbocycles. The fourth-order valence-corrected chi connectivity index (χ4v) is 1.67. The standard InChI is InChI=1S/C14H20O2/c1-4-11(2)9-13(15)10-12-7-5-6-8-14(12)16-3/h5-8,11H,4,9-10H2,1-3H3. The van der Waals surface area contributed by atoms with Gasteiger partial charge in [-0.05, 0) is 12.0 Å². The van der Waals surface area contributed by atoms with Gasteiger partial charge in [0.25, 0.3) is 0 Å². The summed E-state index contributed by atoms with van der Waals surface area (Å²) in [5.74, 6) is 1.57. The van der Waals surface area contributed by atoms with Gasteiger partial charge in [0.15, 0.2) is 0 Å². The topological polar surface area (TPSA) is 26.3 Å². The van der Waals surface area contributed by atoms with Gasteiger partial charge in [-0.15, -0.1) is 0 Å². The number of ketones is 1. The number of methoxy groups -OCH3 is 1. The lowest BCUT2D eigenvalue weighted by molar-refractivity contribution is -0.119. The zero-order valence-electron chi connectivity index (χ0n) is 10.3. The van der Waals surface area contributed by atoms with Crippen molar-refractivity contribution in [3.05, 3.63) is 29.8 Å². The molecule has 0 aliphatic carbocycles. The maximum atomic E-state index is 11.8. The van der Waals surface area contributed by atoms with Crippen LogP contribution in [0.1, 0.15) is 32.3 Å². The summed E-state index contributed by atoms with van der Waals surface area (Å²) in [6, 6.07) is 7.70. The largest absolute Gasteiger partial charge is 0.496 e. The van der Waals surface area contributed by atoms with Crippen LogP contribution in [0.4, 0.5) is 0 Å². The molecular formula is C14H20O2. The third kappa shape index (κ3) is 3.69. The monoisotopic (exact) mass is 220 g/mol. The van der Waals surface area contributed by atoms with E-state index < -0.39 is 0 Å². The zero-order chi connectivity index (χ0) is 12.0. The lowest BCUT2D eigenvalue weighted by Crippen LogP contribution is -2.08. The van der Waals surface area contributed by atoms with E-state index in [1.165, 1.54) is 0 Å². The van der Waals surface area contributed by atoms with Crippen molar-refractivity contribution in [3.63, 3.8) is 0 Å². The molecular weight excluding hydrogens is 200 g/mol. The van der Waals surface area contributed by atoms with E-state index >= 15 is 0 Å². The quantitative estimate of drug-likeness (QED) is 0.735. The highest BCUT2D eigenvalue weighted by molar-refractivity contribution is 5.81. The molecule has 0 aliphatic heterocycles. The molecule has 0 bridgehead atoms. The smallest absolute Gasteiger partial charge is 0.137 e. The van der Waals surface area contributed by atoms with Crippen LogP contribution < -0.4 is 4.74 Å². The first-order valence-corrected chi connectivity index (χ1v) is 5.81. The molecule has 0 aromatic heterocycles. The van der Waals surface area contributed by atoms with E-state index in [4.69, 9.17) is 4.74 Å². The Kier molecular flexibility index (Phi) is 5.03. The summed E-state index contributed by atoms with van der Waals surface area (Å²) in [6.45, 7) is 4.22. The van der Waals surface area contributed by atoms with E-state index in [0.717, 1.165) is 17.7 Å². The Bertz CT molecular complexity index is 344. The van der Waals surface area contributed by atoms with E-state index in [1.807, 2.05) is 24.3 Å². The second-order valence-corrected chi connectivity index (χ2v) is 4.24. The number of rotatable bonds is 6. The Morgan fingerprint density at radius 3 is 2.69 bits per heavy atom. The van der Waals surface area contributed by atoms with Crippen molar-refractivity contribution in [2.75, 3.05) is 7.11 Å². The van der Waals surface area contributed by atoms with Gasteiger partial charge < -0.3 is 4.74 Å². The Morgan fingerprint density at radius 2 is 2.06 bits per heavy atom. The average molecular weight is 220 g/mol. The summed E-state index contributed by atoms with van der Waals surface area (Å²) >= 11 is 0. The number of benzene rings is 1. The van der Waals surface area contributed by atoms with Crippen molar-refractivity contribution in [2.24, 2.45) is 5.92 Å². The average Bonchev–Trinajstić information content (AvgIpc) is 2.29. The minimum Gasteiger partial charge on any atom is -0.496 e. The molecule has 1 atom stereocenters. The second-order valence-electron chi connectivity index (χ2n) is 4.24. The summed E-state index contributed by atoms with van der Waals surface area (Å²) in [4.78, 5) is 11.8. The number of carbonyl (C=O) groups is 1. The van der Waals surface area contributed by atoms with Crippen LogP contribution in [-0.2, 0) is 11.2 Å². The lowest BCUT2D eigenvalue weighted by atomic mass is 9.98. The number of ether oxygens (including phenoxy) is 1. The molecule has 1 rings (SSSR count). The number of carbonyl (C=O) groups excluding carboxylic acids is 1. The third-order valence-corrected chi connectivity index (χ3v) is 2.85. The number of Topliss-reactive ketones (excluding diaryl/α,β-unsaturated/α-hetero) is 1. The minimum absolute atomic E-state index is 0.291. The van der Waals surface area contributed by atoms with Gasteiger partial charge in [-0.1, -0.05) is 38.5 Å². The number of hydrogen-bond acceptors (Lipinski definition) is 2. The van der Waals surface area contributed by atoms with Crippen LogP contribution in [0.15, 0.2) is 24.3 Å². The second kappa shape index (κ2) is 6.31. The molecule has 1 aromatic carbocycles. The first-order chi connectivity index (χ1) is 7.67. The SMILES string of the molecule is CCC(C)CC(=O)Cc1ccccc1OC. The Morgan fingerprint density at radius 1 is 1.38 bits per heavy atom. The van der Waals surface area contributed by atoms with Gasteiger partial charge in [0.1, 0.15) is 11.5 Å². The van der Waals surface area contributed by atoms with Gasteiger partial charge in [0, 0.05) is 18.4 Å². The number of hydrogen-bond donors (Lipinski definition) is 0. The van der Waals surface area contributed by atoms with Gasteiger partial charge in [-0.3, -0.25) is 4.79 Å². The van der Waals surface area contributed by atoms with Crippen molar-refractivity contribution in [3.8, 4) is 5.75 Å². The molecule has 0 spiro atoms. The molecule has 0 heterocycles. The maximum Gasteiger partial charge on any atom is 0.137 e. The van der Waals surface area contributed by atoms with Gasteiger partial charge in [-0.2, -0.15) is 0 Å². The highest BCUT2D eigenvalue weighted by Gasteiger charge is 2.10. The number of para-hydroxylation sites is 1. The predicted octanol–water partition coefficient (Wildman–Crippen LogP) is 3.24. The fourth-order valence-electron chi connectivity index (χ4n) is 1.67. The van der Waals surface area contributed by atoms with E-state index in [1.54, 1.807) is 7.11 Å². The van der Waals surface area contributed by atoms with Crippen molar-refractivity contribution >= 4 is 5.78 Å². The minimum atomic E-state index is 0.291. The van der Waals surface area contributed by atoms with Gasteiger partial charge in [0.05, 0.1) is 7.11 Å². The molecule has 0 saturated heterocycles. The molecule has 0 aliphatic rings. The molecule has 0 amide bonds. The predicted molar refractivity (Wildman–Crippen MR) is 65.8 cm³/mol. The van der Waals surface area contributed by atoms with Crippen LogP contribution in [0.2, 0.25) is 0 Å². The van der Waals surface area contributed by atoms with Gasteiger partial charge in [-0.25, -0.2) is 0 Å². The molecule has 2 heteroatoms. The Labute approximate surface area is 97.6 Å². The molecule has 16 heavy (non-hydrogen) atoms. The zero-order valence-corrected chi connectivity index (χ0v) is 10.3. The van der Waals surface area contributed by atoms with E-state index in [0.29, 0.717) is 24.5 Å². The van der Waals surface area contributed by atoms with E-state index in [-0.39, 0.29) is 0 Å². The molecule has 0 fully saturated rings. The molecule has 0 N–H and O–H groups in total. The first-order valence-electron chi connectivity index (χ1n) is 5.81. The first kappa shape index (κ1) is 12.8. The van der Waals surface area contributed by atoms with Crippen LogP contribution in [0.5, 0.6) is 5.75 Å². The van der Waals surface area contributed by atoms with Crippen molar-refractivity contribution in [2.45, 2.75) is 33.1 Å². The molecule has 1 unspecified atom stereocenters. The van der Waals surface area contributed by atoms with E-state index in [9.17, 15) is 4.79 Å². The summed E-state index contributed by atoms with van der Waals surface area (Å²) in [6.07, 6.45) is 2.20. The lowest BCUT2D eigenvalue weighted by Gasteiger charge is -2.09. The van der Waals surface area contributed by atoms with Crippen molar-refractivity contribution in [1.29, 1.82) is 0 Å². The van der Waals surface area contributed by atoms with Crippen LogP contribution >= 0.6 is 0 Å². The van der Waals surface area contributed by atoms with Crippen LogP contribution in [-0.4, -0.2) is 12.9 Å². The molecule has 88 valence electrons. The summed E-state index contributed by atoms with van der Waals surface area (Å²) < 4.78 is 5.23. The highest BCUT2D eigenvalue weighted by atomic mass is 16.5. The highest BCUT2D eigenvalue weighted by Crippen LogP contribution is 2.19. The Balaban J connectivity index is 2.62. The van der Waals surface area contributed by atoms with Crippen molar-refractivity contribution < 1.29 is 9.53 Å². The van der Waals surface area contributed by atoms with Crippen LogP contribution in [0.25, 0.3) is 0 Å². The molecule has 0 radical (unpaired) electrons. The van der Waals surface area contributed by atoms with Gasteiger partial charge in [0.2, 0.25) is 0 Å². The summed E-state index contributed by atoms with van der Waals surface area (Å²) in [7, 11) is 1.64. The summed E-state index contributed by atoms with van der Waals surface area (Å²) in [5.41, 5.74) is 0.985. The van der Waals surface area contributed by atoms with Crippen molar-refractivity contribution in [1.82, 2.24) is 0 Å². The summed E-state index contributed by atoms with van der Waals surface area (Å²) in [5, 5.41) is 0. The third-order valence-electron chi connectivity index (χ3n) is 2.85. The van der Waals surface area contributed by atoms with E-state index in [2.05, 4.69) is 13.8 Å². The molecule has 2 nitrogen and oxygen atoms in total.